The highest BCUT2D eigenvalue weighted by Crippen LogP contribution is 2.29. The maximum Gasteiger partial charge on any atom is 0.241 e. The van der Waals surface area contributed by atoms with Crippen LogP contribution in [-0.2, 0) is 13.2 Å². The van der Waals surface area contributed by atoms with Gasteiger partial charge in [-0.25, -0.2) is 4.68 Å². The number of nitrogen functional groups attached to an aromatic ring is 1. The summed E-state index contributed by atoms with van der Waals surface area (Å²) < 4.78 is 7.47. The summed E-state index contributed by atoms with van der Waals surface area (Å²) in [6.45, 7) is 4.55. The number of aryl methyl sites for hydroxylation is 2. The summed E-state index contributed by atoms with van der Waals surface area (Å²) in [6.07, 6.45) is 0. The zero-order valence-electron chi connectivity index (χ0n) is 10.6. The molecular weight excluding hydrogens is 230 g/mol. The largest absolute Gasteiger partial charge is 0.437 e. The van der Waals surface area contributed by atoms with Crippen molar-refractivity contribution in [1.29, 1.82) is 0 Å². The third-order valence-electron chi connectivity index (χ3n) is 2.75. The number of aliphatic hydroxyl groups excluding tert-OH is 1. The number of rotatable bonds is 4. The number of hydrogen-bond donors (Lipinski definition) is 2. The number of anilines is 1. The van der Waals surface area contributed by atoms with Gasteiger partial charge in [0.1, 0.15) is 11.4 Å². The van der Waals surface area contributed by atoms with E-state index in [-0.39, 0.29) is 6.61 Å². The molecule has 5 heteroatoms. The summed E-state index contributed by atoms with van der Waals surface area (Å²) in [4.78, 5) is 0. The number of aliphatic hydroxyl groups is 1. The molecule has 3 N–H and O–H groups in total. The van der Waals surface area contributed by atoms with Crippen LogP contribution in [0.25, 0.3) is 0 Å². The van der Waals surface area contributed by atoms with Crippen molar-refractivity contribution in [3.8, 4) is 11.6 Å². The molecule has 0 bridgehead atoms. The van der Waals surface area contributed by atoms with Gasteiger partial charge < -0.3 is 15.6 Å². The van der Waals surface area contributed by atoms with Crippen LogP contribution in [-0.4, -0.2) is 14.9 Å². The molecule has 0 saturated carbocycles. The van der Waals surface area contributed by atoms with Gasteiger partial charge in [0.2, 0.25) is 5.88 Å². The van der Waals surface area contributed by atoms with Crippen molar-refractivity contribution in [3.05, 3.63) is 35.5 Å². The average Bonchev–Trinajstić information content (AvgIpc) is 2.67. The van der Waals surface area contributed by atoms with Crippen molar-refractivity contribution in [3.63, 3.8) is 0 Å². The van der Waals surface area contributed by atoms with E-state index in [1.807, 2.05) is 26.0 Å². The Morgan fingerprint density at radius 2 is 2.00 bits per heavy atom. The molecule has 0 aliphatic carbocycles. The van der Waals surface area contributed by atoms with E-state index in [0.717, 1.165) is 11.3 Å². The smallest absolute Gasteiger partial charge is 0.241 e. The van der Waals surface area contributed by atoms with E-state index in [1.165, 1.54) is 0 Å². The maximum atomic E-state index is 8.97. The van der Waals surface area contributed by atoms with Crippen molar-refractivity contribution >= 4 is 5.69 Å². The molecule has 0 spiro atoms. The van der Waals surface area contributed by atoms with E-state index in [9.17, 15) is 0 Å². The van der Waals surface area contributed by atoms with Crippen LogP contribution in [0.4, 0.5) is 5.69 Å². The molecule has 18 heavy (non-hydrogen) atoms. The predicted molar refractivity (Wildman–Crippen MR) is 69.5 cm³/mol. The second-order valence-electron chi connectivity index (χ2n) is 4.02. The van der Waals surface area contributed by atoms with Crippen LogP contribution in [0.2, 0.25) is 0 Å². The molecule has 0 atom stereocenters. The Bertz CT molecular complexity index is 532. The van der Waals surface area contributed by atoms with Gasteiger partial charge in [-0.2, -0.15) is 5.10 Å². The van der Waals surface area contributed by atoms with Crippen LogP contribution in [0.3, 0.4) is 0 Å². The molecule has 0 unspecified atom stereocenters. The van der Waals surface area contributed by atoms with Crippen molar-refractivity contribution < 1.29 is 9.84 Å². The van der Waals surface area contributed by atoms with Gasteiger partial charge in [0.05, 0.1) is 12.3 Å². The zero-order valence-corrected chi connectivity index (χ0v) is 10.6. The lowest BCUT2D eigenvalue weighted by Gasteiger charge is -2.08. The fourth-order valence-corrected chi connectivity index (χ4v) is 1.67. The Kier molecular flexibility index (Phi) is 3.53. The van der Waals surface area contributed by atoms with E-state index >= 15 is 0 Å². The third-order valence-corrected chi connectivity index (χ3v) is 2.75. The van der Waals surface area contributed by atoms with Gasteiger partial charge >= 0.3 is 0 Å². The Hall–Kier alpha value is -2.01. The number of aromatic nitrogens is 2. The topological polar surface area (TPSA) is 73.3 Å². The quantitative estimate of drug-likeness (QED) is 0.867. The second kappa shape index (κ2) is 5.10. The molecule has 0 aliphatic rings. The highest BCUT2D eigenvalue weighted by atomic mass is 16.5. The van der Waals surface area contributed by atoms with Crippen molar-refractivity contribution in [1.82, 2.24) is 9.78 Å². The molecule has 0 fully saturated rings. The summed E-state index contributed by atoms with van der Waals surface area (Å²) in [5, 5.41) is 13.3. The normalized spacial score (nSPS) is 10.6. The zero-order chi connectivity index (χ0) is 13.1. The maximum absolute atomic E-state index is 8.97. The van der Waals surface area contributed by atoms with Crippen molar-refractivity contribution in [2.45, 2.75) is 27.0 Å². The van der Waals surface area contributed by atoms with Crippen molar-refractivity contribution in [2.24, 2.45) is 0 Å². The van der Waals surface area contributed by atoms with Crippen LogP contribution >= 0.6 is 0 Å². The molecule has 0 saturated heterocycles. The first-order valence-electron chi connectivity index (χ1n) is 5.86. The lowest BCUT2D eigenvalue weighted by atomic mass is 10.2. The first kappa shape index (κ1) is 12.4. The Balaban J connectivity index is 2.27. The molecule has 1 heterocycles. The molecule has 2 rings (SSSR count). The van der Waals surface area contributed by atoms with Gasteiger partial charge in [-0.3, -0.25) is 0 Å². The monoisotopic (exact) mass is 247 g/mol. The van der Waals surface area contributed by atoms with Crippen LogP contribution in [0, 0.1) is 6.92 Å². The summed E-state index contributed by atoms with van der Waals surface area (Å²) in [7, 11) is 0. The van der Waals surface area contributed by atoms with Gasteiger partial charge in [-0.05, 0) is 31.5 Å². The molecule has 5 nitrogen and oxygen atoms in total. The first-order chi connectivity index (χ1) is 8.65. The summed E-state index contributed by atoms with van der Waals surface area (Å²) in [5.41, 5.74) is 8.10. The summed E-state index contributed by atoms with van der Waals surface area (Å²) in [5.74, 6) is 1.24. The predicted octanol–water partition coefficient (Wildman–Crippen LogP) is 2.08. The number of nitrogens with two attached hydrogens (primary N) is 1. The summed E-state index contributed by atoms with van der Waals surface area (Å²) in [6, 6.07) is 7.22. The van der Waals surface area contributed by atoms with Crippen LogP contribution in [0.15, 0.2) is 24.3 Å². The van der Waals surface area contributed by atoms with Gasteiger partial charge in [0.15, 0.2) is 0 Å². The van der Waals surface area contributed by atoms with Gasteiger partial charge in [-0.15, -0.1) is 0 Å². The molecule has 1 aromatic carbocycles. The molecule has 0 aliphatic heterocycles. The highest BCUT2D eigenvalue weighted by Gasteiger charge is 2.13. The molecule has 2 aromatic rings. The minimum Gasteiger partial charge on any atom is -0.437 e. The van der Waals surface area contributed by atoms with Gasteiger partial charge in [0, 0.05) is 6.54 Å². The fraction of sp³-hybridized carbons (Fsp3) is 0.308. The molecule has 1 aromatic heterocycles. The van der Waals surface area contributed by atoms with Crippen LogP contribution < -0.4 is 10.5 Å². The highest BCUT2D eigenvalue weighted by molar-refractivity contribution is 5.54. The Morgan fingerprint density at radius 1 is 1.33 bits per heavy atom. The van der Waals surface area contributed by atoms with E-state index < -0.39 is 0 Å². The number of ether oxygens (including phenoxy) is 1. The van der Waals surface area contributed by atoms with Gasteiger partial charge in [0.25, 0.3) is 0 Å². The Morgan fingerprint density at radius 3 is 2.56 bits per heavy atom. The van der Waals surface area contributed by atoms with Crippen LogP contribution in [0.5, 0.6) is 11.6 Å². The number of hydrogen-bond acceptors (Lipinski definition) is 4. The fourth-order valence-electron chi connectivity index (χ4n) is 1.67. The van der Waals surface area contributed by atoms with E-state index in [2.05, 4.69) is 5.10 Å². The minimum atomic E-state index is 0.0222. The lowest BCUT2D eigenvalue weighted by molar-refractivity contribution is 0.281. The number of nitrogens with zero attached hydrogens (tertiary/aromatic N) is 2. The van der Waals surface area contributed by atoms with Gasteiger partial charge in [-0.1, -0.05) is 12.1 Å². The molecule has 0 amide bonds. The van der Waals surface area contributed by atoms with Crippen molar-refractivity contribution in [2.75, 3.05) is 5.73 Å². The van der Waals surface area contributed by atoms with E-state index in [4.69, 9.17) is 15.6 Å². The van der Waals surface area contributed by atoms with E-state index in [0.29, 0.717) is 23.9 Å². The molecular formula is C13H17N3O2. The first-order valence-corrected chi connectivity index (χ1v) is 5.86. The lowest BCUT2D eigenvalue weighted by Crippen LogP contribution is -2.00. The standard InChI is InChI=1S/C13H17N3O2/c1-3-16-13(12(14)9(2)15-16)18-11-6-4-10(8-17)5-7-11/h4-7,17H,3,8,14H2,1-2H3. The Labute approximate surface area is 106 Å². The second-order valence-corrected chi connectivity index (χ2v) is 4.02. The number of benzene rings is 1. The minimum absolute atomic E-state index is 0.0222. The summed E-state index contributed by atoms with van der Waals surface area (Å²) >= 11 is 0. The molecule has 0 radical (unpaired) electrons. The average molecular weight is 247 g/mol. The van der Waals surface area contributed by atoms with Crippen LogP contribution in [0.1, 0.15) is 18.2 Å². The third kappa shape index (κ3) is 2.31. The SMILES string of the molecule is CCn1nc(C)c(N)c1Oc1ccc(CO)cc1. The van der Waals surface area contributed by atoms with E-state index in [1.54, 1.807) is 16.8 Å². The molecule has 96 valence electrons.